The molecule has 110 valence electrons. The van der Waals surface area contributed by atoms with E-state index < -0.39 is 11.3 Å². The lowest BCUT2D eigenvalue weighted by molar-refractivity contribution is 0.131. The van der Waals surface area contributed by atoms with Crippen LogP contribution in [-0.4, -0.2) is 42.2 Å². The zero-order valence-electron chi connectivity index (χ0n) is 11.3. The van der Waals surface area contributed by atoms with Gasteiger partial charge in [-0.05, 0) is 24.6 Å². The number of ether oxygens (including phenoxy) is 2. The van der Waals surface area contributed by atoms with Gasteiger partial charge in [-0.1, -0.05) is 0 Å². The first-order chi connectivity index (χ1) is 9.62. The zero-order valence-corrected chi connectivity index (χ0v) is 12.1. The molecule has 1 N–H and O–H groups in total. The summed E-state index contributed by atoms with van der Waals surface area (Å²) in [6.45, 7) is 3.59. The number of rotatable bonds is 4. The Hall–Kier alpha value is -1.31. The molecule has 2 heterocycles. The topological polar surface area (TPSA) is 73.9 Å². The highest BCUT2D eigenvalue weighted by atomic mass is 32.2. The molecule has 0 radical (unpaired) electrons. The van der Waals surface area contributed by atoms with Crippen molar-refractivity contribution in [3.8, 4) is 5.75 Å². The summed E-state index contributed by atoms with van der Waals surface area (Å²) in [5.41, 5.74) is 1.76. The molecule has 2 aliphatic rings. The van der Waals surface area contributed by atoms with Gasteiger partial charge in [0.25, 0.3) is 0 Å². The van der Waals surface area contributed by atoms with E-state index in [1.807, 2.05) is 6.07 Å². The van der Waals surface area contributed by atoms with Crippen LogP contribution in [0, 0.1) is 5.41 Å². The Kier molecular flexibility index (Phi) is 3.57. The maximum absolute atomic E-state index is 10.8. The molecule has 7 heteroatoms. The van der Waals surface area contributed by atoms with Gasteiger partial charge in [-0.25, -0.2) is 0 Å². The predicted octanol–water partition coefficient (Wildman–Crippen LogP) is 1.13. The van der Waals surface area contributed by atoms with E-state index >= 15 is 0 Å². The number of hydrogen-bond donors (Lipinski definition) is 1. The van der Waals surface area contributed by atoms with Crippen molar-refractivity contribution in [2.24, 2.45) is 5.41 Å². The van der Waals surface area contributed by atoms with Crippen LogP contribution in [0.15, 0.2) is 18.2 Å². The summed E-state index contributed by atoms with van der Waals surface area (Å²) in [6, 6.07) is 5.53. The molecule has 1 atom stereocenters. The fraction of sp³-hybridized carbons (Fsp3) is 0.538. The molecule has 1 aromatic rings. The molecule has 2 aliphatic heterocycles. The first-order valence-electron chi connectivity index (χ1n) is 6.49. The van der Waals surface area contributed by atoms with Crippen molar-refractivity contribution in [3.63, 3.8) is 0 Å². The second-order valence-corrected chi connectivity index (χ2v) is 6.05. The fourth-order valence-corrected chi connectivity index (χ4v) is 3.25. The van der Waals surface area contributed by atoms with Crippen molar-refractivity contribution in [3.05, 3.63) is 18.2 Å². The molecule has 20 heavy (non-hydrogen) atoms. The van der Waals surface area contributed by atoms with Crippen molar-refractivity contribution in [2.45, 2.75) is 6.42 Å². The van der Waals surface area contributed by atoms with Crippen LogP contribution < -0.4 is 14.4 Å². The normalized spacial score (nSPS) is 21.6. The summed E-state index contributed by atoms with van der Waals surface area (Å²) in [4.78, 5) is 2.23. The quantitative estimate of drug-likeness (QED) is 0.843. The third kappa shape index (κ3) is 2.48. The number of hydrogen-bond acceptors (Lipinski definition) is 5. The second kappa shape index (κ2) is 5.23. The van der Waals surface area contributed by atoms with Crippen molar-refractivity contribution < 1.29 is 18.2 Å². The average Bonchev–Trinajstić information content (AvgIpc) is 2.85. The molecule has 1 aromatic carbocycles. The van der Waals surface area contributed by atoms with Gasteiger partial charge in [0.15, 0.2) is 0 Å². The predicted molar refractivity (Wildman–Crippen MR) is 75.6 cm³/mol. The number of benzene rings is 1. The standard InChI is InChI=1S/C13H18N2O4S/c1-18-12-3-2-10(6-11(12)14-20(16)17)15-7-13(8-15)4-5-19-9-13/h2-3,6,14H,4-5,7-9H2,1H3,(H,16,17)/p-1. The number of anilines is 2. The highest BCUT2D eigenvalue weighted by Crippen LogP contribution is 2.42. The first kappa shape index (κ1) is 13.7. The lowest BCUT2D eigenvalue weighted by Crippen LogP contribution is -2.57. The van der Waals surface area contributed by atoms with Gasteiger partial charge in [-0.3, -0.25) is 4.21 Å². The lowest BCUT2D eigenvalue weighted by atomic mass is 9.79. The molecule has 3 rings (SSSR count). The maximum Gasteiger partial charge on any atom is 0.142 e. The summed E-state index contributed by atoms with van der Waals surface area (Å²) in [7, 11) is 1.52. The summed E-state index contributed by atoms with van der Waals surface area (Å²) in [5, 5.41) is 0. The minimum absolute atomic E-state index is 0.300. The Balaban J connectivity index is 1.76. The van der Waals surface area contributed by atoms with Gasteiger partial charge in [0.2, 0.25) is 0 Å². The summed E-state index contributed by atoms with van der Waals surface area (Å²) >= 11 is -2.36. The van der Waals surface area contributed by atoms with Gasteiger partial charge in [0, 0.05) is 42.1 Å². The third-order valence-electron chi connectivity index (χ3n) is 3.98. The van der Waals surface area contributed by atoms with E-state index in [0.717, 1.165) is 38.4 Å². The van der Waals surface area contributed by atoms with E-state index in [4.69, 9.17) is 9.47 Å². The van der Waals surface area contributed by atoms with E-state index in [9.17, 15) is 8.76 Å². The molecule has 1 spiro atoms. The molecule has 0 bridgehead atoms. The highest BCUT2D eigenvalue weighted by Gasteiger charge is 2.45. The van der Waals surface area contributed by atoms with E-state index in [0.29, 0.717) is 16.9 Å². The first-order valence-corrected chi connectivity index (χ1v) is 7.56. The molecule has 0 aliphatic carbocycles. The molecular weight excluding hydrogens is 280 g/mol. The average molecular weight is 297 g/mol. The van der Waals surface area contributed by atoms with Crippen molar-refractivity contribution in [1.29, 1.82) is 0 Å². The van der Waals surface area contributed by atoms with E-state index in [2.05, 4.69) is 9.62 Å². The summed E-state index contributed by atoms with van der Waals surface area (Å²) < 4.78 is 34.6. The summed E-state index contributed by atoms with van der Waals surface area (Å²) in [6.07, 6.45) is 1.11. The van der Waals surface area contributed by atoms with Crippen LogP contribution in [0.1, 0.15) is 6.42 Å². The molecule has 1 unspecified atom stereocenters. The molecule has 0 amide bonds. The van der Waals surface area contributed by atoms with Crippen LogP contribution >= 0.6 is 0 Å². The zero-order chi connectivity index (χ0) is 14.2. The van der Waals surface area contributed by atoms with Gasteiger partial charge >= 0.3 is 0 Å². The van der Waals surface area contributed by atoms with Crippen LogP contribution in [0.5, 0.6) is 5.75 Å². The second-order valence-electron chi connectivity index (χ2n) is 5.38. The van der Waals surface area contributed by atoms with E-state index in [1.165, 1.54) is 7.11 Å². The maximum atomic E-state index is 10.8. The van der Waals surface area contributed by atoms with Crippen molar-refractivity contribution in [2.75, 3.05) is 43.0 Å². The minimum Gasteiger partial charge on any atom is -0.755 e. The largest absolute Gasteiger partial charge is 0.755 e. The van der Waals surface area contributed by atoms with E-state index in [1.54, 1.807) is 12.1 Å². The van der Waals surface area contributed by atoms with Crippen LogP contribution in [0.4, 0.5) is 11.4 Å². The van der Waals surface area contributed by atoms with Crippen LogP contribution in [-0.2, 0) is 16.0 Å². The smallest absolute Gasteiger partial charge is 0.142 e. The SMILES string of the molecule is COc1ccc(N2CC3(CCOC3)C2)cc1NS(=O)[O-]. The van der Waals surface area contributed by atoms with Crippen LogP contribution in [0.2, 0.25) is 0 Å². The van der Waals surface area contributed by atoms with Crippen molar-refractivity contribution >= 4 is 22.6 Å². The molecular formula is C13H17N2O4S-. The lowest BCUT2D eigenvalue weighted by Gasteiger charge is -2.48. The van der Waals surface area contributed by atoms with Crippen LogP contribution in [0.25, 0.3) is 0 Å². The fourth-order valence-electron chi connectivity index (χ4n) is 2.91. The highest BCUT2D eigenvalue weighted by molar-refractivity contribution is 7.80. The van der Waals surface area contributed by atoms with Crippen LogP contribution in [0.3, 0.4) is 0 Å². The van der Waals surface area contributed by atoms with Gasteiger partial charge in [-0.15, -0.1) is 0 Å². The van der Waals surface area contributed by atoms with Gasteiger partial charge < -0.3 is 23.6 Å². The van der Waals surface area contributed by atoms with Crippen molar-refractivity contribution in [1.82, 2.24) is 0 Å². The Morgan fingerprint density at radius 3 is 2.90 bits per heavy atom. The molecule has 2 saturated heterocycles. The monoisotopic (exact) mass is 297 g/mol. The third-order valence-corrected chi connectivity index (χ3v) is 4.37. The van der Waals surface area contributed by atoms with E-state index in [-0.39, 0.29) is 0 Å². The van der Waals surface area contributed by atoms with Gasteiger partial charge in [0.1, 0.15) is 5.75 Å². The Morgan fingerprint density at radius 2 is 2.30 bits per heavy atom. The summed E-state index contributed by atoms with van der Waals surface area (Å²) in [5.74, 6) is 0.511. The number of methoxy groups -OCH3 is 1. The molecule has 6 nitrogen and oxygen atoms in total. The Labute approximate surface area is 120 Å². The molecule has 0 saturated carbocycles. The Morgan fingerprint density at radius 1 is 1.50 bits per heavy atom. The Bertz CT molecular complexity index is 523. The minimum atomic E-state index is -2.36. The van der Waals surface area contributed by atoms with Gasteiger partial charge in [-0.2, -0.15) is 0 Å². The van der Waals surface area contributed by atoms with Gasteiger partial charge in [0.05, 0.1) is 19.4 Å². The molecule has 0 aromatic heterocycles. The number of nitrogens with zero attached hydrogens (tertiary/aromatic N) is 1. The molecule has 2 fully saturated rings. The number of nitrogens with one attached hydrogen (secondary N) is 1.